The largest absolute Gasteiger partial charge is 0.355 e. The maximum Gasteiger partial charge on any atom is 0.0390 e. The summed E-state index contributed by atoms with van der Waals surface area (Å²) >= 11 is 0. The molecular formula is C35H31N. The molecule has 7 rings (SSSR count). The van der Waals surface area contributed by atoms with Gasteiger partial charge in [0.1, 0.15) is 0 Å². The molecule has 36 heavy (non-hydrogen) atoms. The highest BCUT2D eigenvalue weighted by Gasteiger charge is 2.35. The van der Waals surface area contributed by atoms with Gasteiger partial charge in [-0.1, -0.05) is 113 Å². The Labute approximate surface area is 213 Å². The zero-order valence-electron chi connectivity index (χ0n) is 21.4. The lowest BCUT2D eigenvalue weighted by atomic mass is 9.82. The van der Waals surface area contributed by atoms with E-state index in [4.69, 9.17) is 0 Å². The minimum absolute atomic E-state index is 0.00210. The molecule has 0 aromatic heterocycles. The molecule has 0 spiro atoms. The van der Waals surface area contributed by atoms with Gasteiger partial charge in [0, 0.05) is 16.8 Å². The lowest BCUT2D eigenvalue weighted by molar-refractivity contribution is 0.660. The molecule has 176 valence electrons. The van der Waals surface area contributed by atoms with Gasteiger partial charge in [0.25, 0.3) is 0 Å². The van der Waals surface area contributed by atoms with Crippen molar-refractivity contribution in [2.24, 2.45) is 0 Å². The van der Waals surface area contributed by atoms with Crippen molar-refractivity contribution in [1.29, 1.82) is 0 Å². The van der Waals surface area contributed by atoms with Gasteiger partial charge in [-0.15, -0.1) is 0 Å². The maximum absolute atomic E-state index is 3.70. The van der Waals surface area contributed by atoms with Crippen LogP contribution in [0.15, 0.2) is 109 Å². The normalized spacial score (nSPS) is 13.2. The Hall–Kier alpha value is -4.10. The van der Waals surface area contributed by atoms with Gasteiger partial charge in [-0.2, -0.15) is 0 Å². The van der Waals surface area contributed by atoms with Crippen molar-refractivity contribution >= 4 is 43.7 Å². The lowest BCUT2D eigenvalue weighted by Crippen LogP contribution is -2.15. The van der Waals surface area contributed by atoms with E-state index < -0.39 is 0 Å². The Morgan fingerprint density at radius 3 is 1.58 bits per heavy atom. The number of rotatable bonds is 2. The van der Waals surface area contributed by atoms with Crippen LogP contribution < -0.4 is 5.32 Å². The monoisotopic (exact) mass is 465 g/mol. The molecule has 1 aliphatic carbocycles. The van der Waals surface area contributed by atoms with Crippen LogP contribution in [0.2, 0.25) is 0 Å². The molecule has 6 aromatic rings. The summed E-state index contributed by atoms with van der Waals surface area (Å²) in [5.41, 5.74) is 7.75. The minimum atomic E-state index is 0.00210. The summed E-state index contributed by atoms with van der Waals surface area (Å²) in [6.07, 6.45) is 0. The molecule has 1 nitrogen and oxygen atoms in total. The summed E-state index contributed by atoms with van der Waals surface area (Å²) in [7, 11) is 0. The summed E-state index contributed by atoms with van der Waals surface area (Å²) in [5, 5.41) is 11.5. The van der Waals surface area contributed by atoms with Gasteiger partial charge in [-0.3, -0.25) is 0 Å². The van der Waals surface area contributed by atoms with Gasteiger partial charge in [-0.05, 0) is 78.8 Å². The van der Waals surface area contributed by atoms with Crippen molar-refractivity contribution in [3.63, 3.8) is 0 Å². The summed E-state index contributed by atoms with van der Waals surface area (Å²) in [4.78, 5) is 0. The number of nitrogens with one attached hydrogen (secondary N) is 1. The number of hydrogen-bond donors (Lipinski definition) is 1. The van der Waals surface area contributed by atoms with E-state index in [0.29, 0.717) is 0 Å². The summed E-state index contributed by atoms with van der Waals surface area (Å²) in [6.45, 7) is 8.66. The Kier molecular flexibility index (Phi) is 5.30. The molecule has 0 heterocycles. The van der Waals surface area contributed by atoms with E-state index in [1.54, 1.807) is 0 Å². The van der Waals surface area contributed by atoms with Gasteiger partial charge in [-0.25, -0.2) is 0 Å². The smallest absolute Gasteiger partial charge is 0.0390 e. The van der Waals surface area contributed by atoms with E-state index >= 15 is 0 Å². The maximum atomic E-state index is 3.70. The molecule has 0 fully saturated rings. The molecule has 0 unspecified atom stereocenters. The number of hydrogen-bond acceptors (Lipinski definition) is 1. The van der Waals surface area contributed by atoms with Crippen LogP contribution in [0.25, 0.3) is 43.4 Å². The van der Waals surface area contributed by atoms with Crippen molar-refractivity contribution in [1.82, 2.24) is 0 Å². The van der Waals surface area contributed by atoms with Crippen LogP contribution >= 0.6 is 0 Å². The fourth-order valence-electron chi connectivity index (χ4n) is 5.93. The average Bonchev–Trinajstić information content (AvgIpc) is 3.16. The van der Waals surface area contributed by atoms with Gasteiger partial charge < -0.3 is 5.32 Å². The van der Waals surface area contributed by atoms with E-state index in [1.165, 1.54) is 54.6 Å². The summed E-state index contributed by atoms with van der Waals surface area (Å²) in [5.74, 6) is 0. The highest BCUT2D eigenvalue weighted by Crippen LogP contribution is 2.49. The first kappa shape index (κ1) is 22.4. The van der Waals surface area contributed by atoms with E-state index in [2.05, 4.69) is 128 Å². The van der Waals surface area contributed by atoms with Gasteiger partial charge in [0.05, 0.1) is 0 Å². The van der Waals surface area contributed by atoms with Crippen LogP contribution in [0.3, 0.4) is 0 Å². The Bertz CT molecular complexity index is 1720. The van der Waals surface area contributed by atoms with Crippen LogP contribution in [0.4, 0.5) is 11.4 Å². The van der Waals surface area contributed by atoms with Gasteiger partial charge in [0.15, 0.2) is 0 Å². The second-order valence-corrected chi connectivity index (χ2v) is 9.91. The molecule has 6 aromatic carbocycles. The average molecular weight is 466 g/mol. The second kappa shape index (κ2) is 8.53. The summed E-state index contributed by atoms with van der Waals surface area (Å²) in [6, 6.07) is 39.8. The predicted molar refractivity (Wildman–Crippen MR) is 158 cm³/mol. The van der Waals surface area contributed by atoms with E-state index in [1.807, 2.05) is 13.8 Å². The molecule has 0 saturated heterocycles. The molecule has 0 saturated carbocycles. The van der Waals surface area contributed by atoms with E-state index in [-0.39, 0.29) is 5.41 Å². The van der Waals surface area contributed by atoms with Crippen LogP contribution in [-0.2, 0) is 5.41 Å². The quantitative estimate of drug-likeness (QED) is 0.251. The lowest BCUT2D eigenvalue weighted by Gasteiger charge is -2.22. The predicted octanol–water partition coefficient (Wildman–Crippen LogP) is 10.2. The third kappa shape index (κ3) is 3.31. The first-order chi connectivity index (χ1) is 17.6. The van der Waals surface area contributed by atoms with Crippen molar-refractivity contribution in [3.8, 4) is 11.1 Å². The second-order valence-electron chi connectivity index (χ2n) is 9.91. The first-order valence-corrected chi connectivity index (χ1v) is 13.0. The van der Waals surface area contributed by atoms with Gasteiger partial charge in [0.2, 0.25) is 0 Å². The molecule has 0 radical (unpaired) electrons. The van der Waals surface area contributed by atoms with Crippen molar-refractivity contribution in [3.05, 3.63) is 120 Å². The van der Waals surface area contributed by atoms with Crippen molar-refractivity contribution in [2.45, 2.75) is 33.1 Å². The van der Waals surface area contributed by atoms with Crippen LogP contribution in [0, 0.1) is 0 Å². The topological polar surface area (TPSA) is 12.0 Å². The third-order valence-corrected chi connectivity index (χ3v) is 7.62. The minimum Gasteiger partial charge on any atom is -0.355 e. The molecule has 0 atom stereocenters. The van der Waals surface area contributed by atoms with Gasteiger partial charge >= 0.3 is 0 Å². The Morgan fingerprint density at radius 1 is 0.444 bits per heavy atom. The molecule has 1 N–H and O–H groups in total. The van der Waals surface area contributed by atoms with Crippen molar-refractivity contribution in [2.75, 3.05) is 5.32 Å². The van der Waals surface area contributed by atoms with E-state index in [9.17, 15) is 0 Å². The highest BCUT2D eigenvalue weighted by molar-refractivity contribution is 6.25. The number of fused-ring (bicyclic) bond motifs is 9. The fourth-order valence-corrected chi connectivity index (χ4v) is 5.93. The third-order valence-electron chi connectivity index (χ3n) is 7.62. The van der Waals surface area contributed by atoms with E-state index in [0.717, 1.165) is 11.4 Å². The number of anilines is 2. The number of benzene rings is 6. The molecule has 1 heteroatoms. The zero-order valence-corrected chi connectivity index (χ0v) is 21.4. The fraction of sp³-hybridized carbons (Fsp3) is 0.143. The molecule has 1 aliphatic rings. The Balaban J connectivity index is 0.00000117. The molecular weight excluding hydrogens is 434 g/mol. The van der Waals surface area contributed by atoms with Crippen molar-refractivity contribution < 1.29 is 0 Å². The SMILES string of the molecule is CC.CC1(C)c2ccccc2-c2ccc(Nc3ccc4c5ccccc5c5ccccc5c4c3)cc21. The Morgan fingerprint density at radius 2 is 0.917 bits per heavy atom. The molecule has 0 aliphatic heterocycles. The highest BCUT2D eigenvalue weighted by atomic mass is 14.9. The molecule has 0 bridgehead atoms. The van der Waals surface area contributed by atoms with Crippen LogP contribution in [-0.4, -0.2) is 0 Å². The molecule has 0 amide bonds. The standard InChI is InChI=1S/C33H25N.C2H6/c1-33(2)31-14-8-7-13-28(31)29-18-16-22(20-32(29)33)34-21-15-17-27-25-11-4-3-9-23(25)24-10-5-6-12-26(24)30(27)19-21;1-2/h3-20,34H,1-2H3;1-2H3. The summed E-state index contributed by atoms with van der Waals surface area (Å²) < 4.78 is 0. The first-order valence-electron chi connectivity index (χ1n) is 13.0. The van der Waals surface area contributed by atoms with Crippen LogP contribution in [0.1, 0.15) is 38.8 Å². The van der Waals surface area contributed by atoms with Crippen LogP contribution in [0.5, 0.6) is 0 Å². The zero-order chi connectivity index (χ0) is 24.9.